The van der Waals surface area contributed by atoms with E-state index in [1.165, 1.54) is 0 Å². The van der Waals surface area contributed by atoms with Crippen molar-refractivity contribution in [3.8, 4) is 16.9 Å². The standard InChI is InChI=1S/C21H17BrN2O2S/c1-13-3-9-18(10-4-13)27(26)24-14(2)20(15-5-7-17(25)8-6-15)19-11-16(22)12-23-21(19)24/h3-12,25H,1-2H3. The number of benzene rings is 2. The van der Waals surface area contributed by atoms with Crippen LogP contribution in [-0.2, 0) is 11.0 Å². The van der Waals surface area contributed by atoms with Gasteiger partial charge >= 0.3 is 0 Å². The number of aromatic nitrogens is 2. The zero-order chi connectivity index (χ0) is 19.1. The van der Waals surface area contributed by atoms with Crippen molar-refractivity contribution in [3.05, 3.63) is 76.5 Å². The molecule has 0 spiro atoms. The summed E-state index contributed by atoms with van der Waals surface area (Å²) in [6, 6.07) is 16.7. The van der Waals surface area contributed by atoms with Gasteiger partial charge in [0.2, 0.25) is 0 Å². The Morgan fingerprint density at radius 2 is 1.70 bits per heavy atom. The van der Waals surface area contributed by atoms with Gasteiger partial charge in [0.15, 0.2) is 16.6 Å². The van der Waals surface area contributed by atoms with Crippen molar-refractivity contribution >= 4 is 37.9 Å². The summed E-state index contributed by atoms with van der Waals surface area (Å²) < 4.78 is 16.0. The van der Waals surface area contributed by atoms with Gasteiger partial charge in [-0.25, -0.2) is 13.2 Å². The lowest BCUT2D eigenvalue weighted by Crippen LogP contribution is -2.07. The number of hydrogen-bond acceptors (Lipinski definition) is 3. The highest BCUT2D eigenvalue weighted by Crippen LogP contribution is 2.36. The third kappa shape index (κ3) is 3.19. The van der Waals surface area contributed by atoms with E-state index in [2.05, 4.69) is 20.9 Å². The molecule has 0 saturated heterocycles. The molecule has 1 unspecified atom stereocenters. The topological polar surface area (TPSA) is 55.1 Å². The lowest BCUT2D eigenvalue weighted by molar-refractivity contribution is 0.475. The molecule has 0 aliphatic heterocycles. The maximum Gasteiger partial charge on any atom is 0.158 e. The molecule has 0 aliphatic carbocycles. The van der Waals surface area contributed by atoms with E-state index in [0.717, 1.165) is 37.1 Å². The molecule has 0 fully saturated rings. The van der Waals surface area contributed by atoms with Gasteiger partial charge in [-0.1, -0.05) is 29.8 Å². The first kappa shape index (κ1) is 17.9. The zero-order valence-electron chi connectivity index (χ0n) is 14.8. The molecular weight excluding hydrogens is 424 g/mol. The number of hydrogen-bond donors (Lipinski definition) is 1. The SMILES string of the molecule is Cc1ccc(S(=O)n2c(C)c(-c3ccc(O)cc3)c3cc(Br)cnc32)cc1. The van der Waals surface area contributed by atoms with Crippen LogP contribution in [-0.4, -0.2) is 18.3 Å². The summed E-state index contributed by atoms with van der Waals surface area (Å²) in [5, 5.41) is 10.5. The molecule has 2 aromatic heterocycles. The highest BCUT2D eigenvalue weighted by molar-refractivity contribution is 9.10. The molecule has 0 aliphatic rings. The lowest BCUT2D eigenvalue weighted by atomic mass is 10.0. The third-order valence-electron chi connectivity index (χ3n) is 4.51. The van der Waals surface area contributed by atoms with Crippen LogP contribution in [0.2, 0.25) is 0 Å². The van der Waals surface area contributed by atoms with Gasteiger partial charge in [0, 0.05) is 27.3 Å². The molecule has 4 nitrogen and oxygen atoms in total. The van der Waals surface area contributed by atoms with Crippen molar-refractivity contribution in [2.45, 2.75) is 18.7 Å². The Kier molecular flexibility index (Phi) is 4.61. The molecule has 2 heterocycles. The molecule has 4 rings (SSSR count). The van der Waals surface area contributed by atoms with E-state index < -0.39 is 11.0 Å². The first-order chi connectivity index (χ1) is 13.0. The Bertz CT molecular complexity index is 1170. The zero-order valence-corrected chi connectivity index (χ0v) is 17.2. The summed E-state index contributed by atoms with van der Waals surface area (Å²) in [6.07, 6.45) is 1.71. The van der Waals surface area contributed by atoms with Crippen LogP contribution in [0.3, 0.4) is 0 Å². The van der Waals surface area contributed by atoms with Gasteiger partial charge < -0.3 is 5.11 Å². The van der Waals surface area contributed by atoms with Gasteiger partial charge in [0.05, 0.1) is 4.90 Å². The van der Waals surface area contributed by atoms with Crippen LogP contribution < -0.4 is 0 Å². The van der Waals surface area contributed by atoms with Crippen molar-refractivity contribution in [1.29, 1.82) is 0 Å². The molecule has 4 aromatic rings. The summed E-state index contributed by atoms with van der Waals surface area (Å²) >= 11 is 3.49. The first-order valence-corrected chi connectivity index (χ1v) is 10.3. The fraction of sp³-hybridized carbons (Fsp3) is 0.0952. The molecule has 136 valence electrons. The minimum absolute atomic E-state index is 0.211. The van der Waals surface area contributed by atoms with E-state index in [4.69, 9.17) is 0 Å². The van der Waals surface area contributed by atoms with Gasteiger partial charge in [0.1, 0.15) is 5.75 Å². The Labute approximate surface area is 168 Å². The normalized spacial score (nSPS) is 12.4. The highest BCUT2D eigenvalue weighted by atomic mass is 79.9. The van der Waals surface area contributed by atoms with E-state index in [-0.39, 0.29) is 5.75 Å². The van der Waals surface area contributed by atoms with E-state index in [1.54, 1.807) is 22.3 Å². The van der Waals surface area contributed by atoms with Crippen LogP contribution in [0.15, 0.2) is 70.2 Å². The summed E-state index contributed by atoms with van der Waals surface area (Å²) in [5.74, 6) is 0.211. The van der Waals surface area contributed by atoms with Gasteiger partial charge in [-0.15, -0.1) is 0 Å². The second kappa shape index (κ2) is 6.94. The predicted octanol–water partition coefficient (Wildman–Crippen LogP) is 5.36. The molecule has 27 heavy (non-hydrogen) atoms. The maximum absolute atomic E-state index is 13.4. The van der Waals surface area contributed by atoms with Crippen molar-refractivity contribution in [1.82, 2.24) is 8.96 Å². The molecule has 2 aromatic carbocycles. The monoisotopic (exact) mass is 440 g/mol. The summed E-state index contributed by atoms with van der Waals surface area (Å²) in [4.78, 5) is 5.27. The minimum Gasteiger partial charge on any atom is -0.508 e. The molecular formula is C21H17BrN2O2S. The van der Waals surface area contributed by atoms with Crippen molar-refractivity contribution in [2.75, 3.05) is 0 Å². The molecule has 6 heteroatoms. The number of aromatic hydroxyl groups is 1. The number of halogens is 1. The molecule has 0 radical (unpaired) electrons. The number of phenolic OH excluding ortho intramolecular Hbond substituents is 1. The summed E-state index contributed by atoms with van der Waals surface area (Å²) in [6.45, 7) is 3.95. The second-order valence-electron chi connectivity index (χ2n) is 6.39. The van der Waals surface area contributed by atoms with Crippen LogP contribution in [0.4, 0.5) is 0 Å². The van der Waals surface area contributed by atoms with Crippen LogP contribution >= 0.6 is 15.9 Å². The van der Waals surface area contributed by atoms with Gasteiger partial charge in [0.25, 0.3) is 0 Å². The average molecular weight is 441 g/mol. The number of pyridine rings is 1. The van der Waals surface area contributed by atoms with Crippen LogP contribution in [0.25, 0.3) is 22.2 Å². The number of nitrogens with zero attached hydrogens (tertiary/aromatic N) is 2. The van der Waals surface area contributed by atoms with Crippen LogP contribution in [0, 0.1) is 13.8 Å². The van der Waals surface area contributed by atoms with E-state index in [0.29, 0.717) is 5.65 Å². The second-order valence-corrected chi connectivity index (χ2v) is 8.64. The first-order valence-electron chi connectivity index (χ1n) is 8.40. The van der Waals surface area contributed by atoms with E-state index in [9.17, 15) is 9.32 Å². The van der Waals surface area contributed by atoms with Crippen molar-refractivity contribution < 1.29 is 9.32 Å². The third-order valence-corrected chi connectivity index (χ3v) is 6.39. The molecule has 1 N–H and O–H groups in total. The quantitative estimate of drug-likeness (QED) is 0.466. The van der Waals surface area contributed by atoms with E-state index >= 15 is 0 Å². The number of rotatable bonds is 3. The number of fused-ring (bicyclic) bond motifs is 1. The molecule has 1 atom stereocenters. The fourth-order valence-electron chi connectivity index (χ4n) is 3.19. The molecule has 0 bridgehead atoms. The van der Waals surface area contributed by atoms with Crippen molar-refractivity contribution in [2.24, 2.45) is 0 Å². The highest BCUT2D eigenvalue weighted by Gasteiger charge is 2.21. The minimum atomic E-state index is -1.42. The number of phenols is 1. The smallest absolute Gasteiger partial charge is 0.158 e. The Morgan fingerprint density at radius 3 is 2.37 bits per heavy atom. The largest absolute Gasteiger partial charge is 0.508 e. The van der Waals surface area contributed by atoms with Crippen molar-refractivity contribution in [3.63, 3.8) is 0 Å². The maximum atomic E-state index is 13.4. The summed E-state index contributed by atoms with van der Waals surface area (Å²) in [7, 11) is -1.42. The Morgan fingerprint density at radius 1 is 1.04 bits per heavy atom. The average Bonchev–Trinajstić information content (AvgIpc) is 2.93. The Balaban J connectivity index is 1.99. The molecule has 0 saturated carbocycles. The summed E-state index contributed by atoms with van der Waals surface area (Å²) in [5.41, 5.74) is 4.55. The fourth-order valence-corrected chi connectivity index (χ4v) is 4.74. The van der Waals surface area contributed by atoms with Crippen LogP contribution in [0.5, 0.6) is 5.75 Å². The number of aryl methyl sites for hydroxylation is 1. The van der Waals surface area contributed by atoms with Gasteiger partial charge in [-0.05, 0) is 65.7 Å². The molecule has 0 amide bonds. The predicted molar refractivity (Wildman–Crippen MR) is 112 cm³/mol. The van der Waals surface area contributed by atoms with Crippen LogP contribution in [0.1, 0.15) is 11.3 Å². The Hall–Kier alpha value is -2.44. The lowest BCUT2D eigenvalue weighted by Gasteiger charge is -2.08. The van der Waals surface area contributed by atoms with Gasteiger partial charge in [-0.2, -0.15) is 0 Å². The van der Waals surface area contributed by atoms with E-state index in [1.807, 2.05) is 56.3 Å². The van der Waals surface area contributed by atoms with Gasteiger partial charge in [-0.3, -0.25) is 0 Å².